The van der Waals surface area contributed by atoms with E-state index in [1.807, 2.05) is 5.32 Å². The SMILES string of the molecule is CNC(=O)NC(=O)C(c1cc(C(F)(F)F)ccn1)c1ccccc1F. The fourth-order valence-electron chi connectivity index (χ4n) is 2.17. The molecule has 0 fully saturated rings. The van der Waals surface area contributed by atoms with Crippen molar-refractivity contribution in [1.29, 1.82) is 0 Å². The summed E-state index contributed by atoms with van der Waals surface area (Å²) < 4.78 is 52.8. The van der Waals surface area contributed by atoms with Crippen molar-refractivity contribution in [3.8, 4) is 0 Å². The van der Waals surface area contributed by atoms with Gasteiger partial charge in [0.15, 0.2) is 0 Å². The molecule has 0 aliphatic heterocycles. The van der Waals surface area contributed by atoms with Crippen LogP contribution in [0.2, 0.25) is 0 Å². The summed E-state index contributed by atoms with van der Waals surface area (Å²) in [5.74, 6) is -3.34. The topological polar surface area (TPSA) is 71.1 Å². The van der Waals surface area contributed by atoms with Crippen molar-refractivity contribution >= 4 is 11.9 Å². The van der Waals surface area contributed by atoms with Crippen molar-refractivity contribution in [3.05, 3.63) is 65.2 Å². The number of benzene rings is 1. The summed E-state index contributed by atoms with van der Waals surface area (Å²) in [5.41, 5.74) is -1.57. The highest BCUT2D eigenvalue weighted by atomic mass is 19.4. The van der Waals surface area contributed by atoms with E-state index in [-0.39, 0.29) is 11.3 Å². The number of hydrogen-bond donors (Lipinski definition) is 2. The van der Waals surface area contributed by atoms with Gasteiger partial charge in [0.2, 0.25) is 5.91 Å². The normalized spacial score (nSPS) is 12.4. The largest absolute Gasteiger partial charge is 0.416 e. The molecule has 0 bridgehead atoms. The number of rotatable bonds is 3. The summed E-state index contributed by atoms with van der Waals surface area (Å²) in [6.07, 6.45) is -3.78. The van der Waals surface area contributed by atoms with Crippen LogP contribution in [0.4, 0.5) is 22.4 Å². The Hall–Kier alpha value is -2.97. The van der Waals surface area contributed by atoms with Gasteiger partial charge in [-0.1, -0.05) is 18.2 Å². The van der Waals surface area contributed by atoms with Crippen molar-refractivity contribution in [2.24, 2.45) is 0 Å². The third-order valence-corrected chi connectivity index (χ3v) is 3.35. The molecule has 9 heteroatoms. The van der Waals surface area contributed by atoms with Gasteiger partial charge in [-0.15, -0.1) is 0 Å². The Balaban J connectivity index is 2.54. The van der Waals surface area contributed by atoms with E-state index in [0.717, 1.165) is 18.3 Å². The van der Waals surface area contributed by atoms with E-state index in [0.29, 0.717) is 6.07 Å². The molecule has 0 saturated carbocycles. The van der Waals surface area contributed by atoms with Gasteiger partial charge in [0.25, 0.3) is 0 Å². The Bertz CT molecular complexity index is 793. The Kier molecular flexibility index (Phi) is 5.35. The summed E-state index contributed by atoms with van der Waals surface area (Å²) >= 11 is 0. The molecule has 2 aromatic rings. The molecule has 0 saturated heterocycles. The third kappa shape index (κ3) is 4.31. The van der Waals surface area contributed by atoms with Gasteiger partial charge in [-0.2, -0.15) is 13.2 Å². The van der Waals surface area contributed by atoms with E-state index in [1.54, 1.807) is 0 Å². The number of nitrogens with one attached hydrogen (secondary N) is 2. The maximum atomic E-state index is 14.1. The van der Waals surface area contributed by atoms with E-state index >= 15 is 0 Å². The molecule has 1 atom stereocenters. The molecule has 0 aliphatic carbocycles. The number of nitrogens with zero attached hydrogens (tertiary/aromatic N) is 1. The van der Waals surface area contributed by atoms with Crippen LogP contribution in [0.1, 0.15) is 22.7 Å². The Morgan fingerprint density at radius 2 is 1.84 bits per heavy atom. The highest BCUT2D eigenvalue weighted by Crippen LogP contribution is 2.32. The third-order valence-electron chi connectivity index (χ3n) is 3.35. The standard InChI is InChI=1S/C16H13F4N3O2/c1-21-15(25)23-14(24)13(10-4-2-3-5-11(10)17)12-8-9(6-7-22-12)16(18,19)20/h2-8,13H,1H3,(H2,21,23,24,25). The number of halogens is 4. The first-order chi connectivity index (χ1) is 11.7. The number of carbonyl (C=O) groups is 2. The smallest absolute Gasteiger partial charge is 0.341 e. The van der Waals surface area contributed by atoms with Crippen LogP contribution in [0, 0.1) is 5.82 Å². The second-order valence-corrected chi connectivity index (χ2v) is 4.99. The lowest BCUT2D eigenvalue weighted by Gasteiger charge is -2.18. The number of hydrogen-bond acceptors (Lipinski definition) is 3. The Morgan fingerprint density at radius 1 is 1.16 bits per heavy atom. The molecule has 132 valence electrons. The number of pyridine rings is 1. The average molecular weight is 355 g/mol. The van der Waals surface area contributed by atoms with Gasteiger partial charge in [-0.05, 0) is 18.2 Å². The zero-order valence-electron chi connectivity index (χ0n) is 12.9. The van der Waals surface area contributed by atoms with E-state index in [9.17, 15) is 27.2 Å². The molecule has 2 rings (SSSR count). The van der Waals surface area contributed by atoms with E-state index in [4.69, 9.17) is 0 Å². The molecule has 3 amide bonds. The molecule has 0 spiro atoms. The highest BCUT2D eigenvalue weighted by molar-refractivity contribution is 5.99. The quantitative estimate of drug-likeness (QED) is 0.832. The number of aromatic nitrogens is 1. The summed E-state index contributed by atoms with van der Waals surface area (Å²) in [6, 6.07) is 5.60. The second kappa shape index (κ2) is 7.29. The van der Waals surface area contributed by atoms with Crippen LogP contribution in [0.5, 0.6) is 0 Å². The van der Waals surface area contributed by atoms with Gasteiger partial charge in [0.1, 0.15) is 11.7 Å². The Labute approximate surface area is 140 Å². The minimum atomic E-state index is -4.66. The van der Waals surface area contributed by atoms with Crippen LogP contribution < -0.4 is 10.6 Å². The van der Waals surface area contributed by atoms with E-state index in [2.05, 4.69) is 10.3 Å². The van der Waals surface area contributed by atoms with Crippen LogP contribution >= 0.6 is 0 Å². The zero-order valence-corrected chi connectivity index (χ0v) is 12.9. The van der Waals surface area contributed by atoms with Crippen LogP contribution in [0.25, 0.3) is 0 Å². The van der Waals surface area contributed by atoms with Crippen LogP contribution in [0.3, 0.4) is 0 Å². The molecule has 5 nitrogen and oxygen atoms in total. The predicted molar refractivity (Wildman–Crippen MR) is 80.1 cm³/mol. The van der Waals surface area contributed by atoms with Crippen molar-refractivity contribution in [1.82, 2.24) is 15.6 Å². The molecule has 1 unspecified atom stereocenters. The molecule has 1 aromatic heterocycles. The van der Waals surface area contributed by atoms with Crippen LogP contribution in [-0.2, 0) is 11.0 Å². The van der Waals surface area contributed by atoms with Crippen LogP contribution in [0.15, 0.2) is 42.6 Å². The van der Waals surface area contributed by atoms with Gasteiger partial charge < -0.3 is 5.32 Å². The molecular weight excluding hydrogens is 342 g/mol. The number of amides is 3. The summed E-state index contributed by atoms with van der Waals surface area (Å²) in [5, 5.41) is 4.07. The predicted octanol–water partition coefficient (Wildman–Crippen LogP) is 2.83. The van der Waals surface area contributed by atoms with Crippen molar-refractivity contribution in [2.45, 2.75) is 12.1 Å². The lowest BCUT2D eigenvalue weighted by Crippen LogP contribution is -2.40. The van der Waals surface area contributed by atoms with Crippen molar-refractivity contribution in [3.63, 3.8) is 0 Å². The van der Waals surface area contributed by atoms with Crippen molar-refractivity contribution in [2.75, 3.05) is 7.05 Å². The highest BCUT2D eigenvalue weighted by Gasteiger charge is 2.34. The first kappa shape index (κ1) is 18.4. The maximum absolute atomic E-state index is 14.1. The summed E-state index contributed by atoms with van der Waals surface area (Å²) in [4.78, 5) is 27.5. The molecule has 1 aromatic carbocycles. The van der Waals surface area contributed by atoms with E-state index < -0.39 is 35.4 Å². The molecule has 1 heterocycles. The monoisotopic (exact) mass is 355 g/mol. The van der Waals surface area contributed by atoms with Gasteiger partial charge in [0, 0.05) is 18.8 Å². The maximum Gasteiger partial charge on any atom is 0.416 e. The number of urea groups is 1. The van der Waals surface area contributed by atoms with Gasteiger partial charge in [-0.3, -0.25) is 15.1 Å². The second-order valence-electron chi connectivity index (χ2n) is 4.99. The molecule has 0 radical (unpaired) electrons. The van der Waals surface area contributed by atoms with Gasteiger partial charge >= 0.3 is 12.2 Å². The molecule has 0 aliphatic rings. The molecule has 2 N–H and O–H groups in total. The lowest BCUT2D eigenvalue weighted by molar-refractivity contribution is -0.137. The number of carbonyl (C=O) groups excluding carboxylic acids is 2. The van der Waals surface area contributed by atoms with Gasteiger partial charge in [-0.25, -0.2) is 9.18 Å². The summed E-state index contributed by atoms with van der Waals surface area (Å²) in [7, 11) is 1.25. The van der Waals surface area contributed by atoms with Crippen molar-refractivity contribution < 1.29 is 27.2 Å². The summed E-state index contributed by atoms with van der Waals surface area (Å²) in [6.45, 7) is 0. The molecule has 25 heavy (non-hydrogen) atoms. The minimum Gasteiger partial charge on any atom is -0.341 e. The molecular formula is C16H13F4N3O2. The average Bonchev–Trinajstić information content (AvgIpc) is 2.56. The number of imide groups is 1. The minimum absolute atomic E-state index is 0.198. The first-order valence-corrected chi connectivity index (χ1v) is 7.04. The fourth-order valence-corrected chi connectivity index (χ4v) is 2.17. The Morgan fingerprint density at radius 3 is 2.44 bits per heavy atom. The van der Waals surface area contributed by atoms with Gasteiger partial charge in [0.05, 0.1) is 11.3 Å². The zero-order chi connectivity index (χ0) is 18.6. The fraction of sp³-hybridized carbons (Fsp3) is 0.188. The van der Waals surface area contributed by atoms with Crippen LogP contribution in [-0.4, -0.2) is 24.0 Å². The lowest BCUT2D eigenvalue weighted by atomic mass is 9.93. The number of alkyl halides is 3. The van der Waals surface area contributed by atoms with E-state index in [1.165, 1.54) is 25.2 Å². The first-order valence-electron chi connectivity index (χ1n) is 7.04.